The highest BCUT2D eigenvalue weighted by molar-refractivity contribution is 6.30. The average Bonchev–Trinajstić information content (AvgIpc) is 2.67. The van der Waals surface area contributed by atoms with Gasteiger partial charge in [0.1, 0.15) is 18.2 Å². The van der Waals surface area contributed by atoms with Crippen LogP contribution in [0.2, 0.25) is 10.0 Å². The summed E-state index contributed by atoms with van der Waals surface area (Å²) in [6.45, 7) is 3.31. The normalized spacial score (nSPS) is 19.7. The van der Waals surface area contributed by atoms with E-state index in [9.17, 15) is 4.79 Å². The van der Waals surface area contributed by atoms with Crippen LogP contribution in [0, 0.1) is 5.92 Å². The van der Waals surface area contributed by atoms with Crippen LogP contribution < -0.4 is 9.64 Å². The molecule has 0 bridgehead atoms. The van der Waals surface area contributed by atoms with Gasteiger partial charge in [-0.3, -0.25) is 4.79 Å². The summed E-state index contributed by atoms with van der Waals surface area (Å²) < 4.78 is 5.77. The summed E-state index contributed by atoms with van der Waals surface area (Å²) in [4.78, 5) is 21.3. The highest BCUT2D eigenvalue weighted by atomic mass is 35.5. The molecule has 1 atom stereocenters. The lowest BCUT2D eigenvalue weighted by molar-refractivity contribution is -0.137. The highest BCUT2D eigenvalue weighted by Gasteiger charge is 2.31. The molecule has 2 aliphatic heterocycles. The Morgan fingerprint density at radius 1 is 1.08 bits per heavy atom. The summed E-state index contributed by atoms with van der Waals surface area (Å²) in [5.41, 5.74) is 1.01. The van der Waals surface area contributed by atoms with Crippen LogP contribution in [0.15, 0.2) is 36.5 Å². The van der Waals surface area contributed by atoms with Crippen molar-refractivity contribution in [3.63, 3.8) is 0 Å². The van der Waals surface area contributed by atoms with E-state index in [0.29, 0.717) is 36.2 Å². The maximum Gasteiger partial charge on any atom is 0.229 e. The number of hydrogen-bond donors (Lipinski definition) is 0. The summed E-state index contributed by atoms with van der Waals surface area (Å²) in [6, 6.07) is 9.32. The van der Waals surface area contributed by atoms with Gasteiger partial charge in [0.15, 0.2) is 0 Å². The first-order valence-corrected chi connectivity index (χ1v) is 9.42. The maximum atomic E-state index is 12.9. The number of carbonyl (C=O) groups is 1. The van der Waals surface area contributed by atoms with E-state index in [1.807, 2.05) is 35.2 Å². The first-order chi connectivity index (χ1) is 12.6. The van der Waals surface area contributed by atoms with Crippen molar-refractivity contribution in [1.82, 2.24) is 9.88 Å². The molecule has 0 saturated carbocycles. The fourth-order valence-corrected chi connectivity index (χ4v) is 3.80. The van der Waals surface area contributed by atoms with Gasteiger partial charge in [0.25, 0.3) is 0 Å². The number of nitrogens with zero attached hydrogens (tertiary/aromatic N) is 3. The monoisotopic (exact) mass is 391 g/mol. The van der Waals surface area contributed by atoms with Crippen molar-refractivity contribution >= 4 is 34.9 Å². The smallest absolute Gasteiger partial charge is 0.229 e. The largest absolute Gasteiger partial charge is 0.492 e. The quantitative estimate of drug-likeness (QED) is 0.787. The van der Waals surface area contributed by atoms with Gasteiger partial charge in [-0.25, -0.2) is 4.98 Å². The zero-order valence-corrected chi connectivity index (χ0v) is 15.7. The number of benzene rings is 1. The van der Waals surface area contributed by atoms with E-state index in [2.05, 4.69) is 9.88 Å². The molecule has 0 radical (unpaired) electrons. The Balaban J connectivity index is 1.37. The summed E-state index contributed by atoms with van der Waals surface area (Å²) in [5.74, 6) is 1.73. The van der Waals surface area contributed by atoms with Crippen molar-refractivity contribution in [3.8, 4) is 5.75 Å². The molecule has 3 heterocycles. The molecule has 1 unspecified atom stereocenters. The van der Waals surface area contributed by atoms with Gasteiger partial charge in [0, 0.05) is 37.4 Å². The predicted molar refractivity (Wildman–Crippen MR) is 102 cm³/mol. The van der Waals surface area contributed by atoms with Crippen molar-refractivity contribution in [1.29, 1.82) is 0 Å². The van der Waals surface area contributed by atoms with Gasteiger partial charge in [-0.2, -0.15) is 0 Å². The van der Waals surface area contributed by atoms with E-state index in [0.717, 1.165) is 30.2 Å². The minimum Gasteiger partial charge on any atom is -0.492 e. The number of hydrogen-bond acceptors (Lipinski definition) is 4. The van der Waals surface area contributed by atoms with Gasteiger partial charge in [-0.15, -0.1) is 0 Å². The van der Waals surface area contributed by atoms with E-state index in [1.54, 1.807) is 6.20 Å². The lowest BCUT2D eigenvalue weighted by Gasteiger charge is -2.37. The Hall–Kier alpha value is -1.98. The van der Waals surface area contributed by atoms with Gasteiger partial charge in [0.05, 0.1) is 10.9 Å². The number of fused-ring (bicyclic) bond motifs is 1. The molecule has 5 nitrogen and oxygen atoms in total. The second kappa shape index (κ2) is 7.33. The predicted octanol–water partition coefficient (Wildman–Crippen LogP) is 3.29. The molecule has 1 aromatic heterocycles. The molecule has 0 aliphatic carbocycles. The number of carbonyl (C=O) groups excluding carboxylic acids is 1. The van der Waals surface area contributed by atoms with Crippen molar-refractivity contribution in [2.24, 2.45) is 5.92 Å². The van der Waals surface area contributed by atoms with Crippen molar-refractivity contribution in [2.45, 2.75) is 6.42 Å². The Morgan fingerprint density at radius 2 is 1.85 bits per heavy atom. The van der Waals surface area contributed by atoms with Crippen molar-refractivity contribution < 1.29 is 9.53 Å². The number of anilines is 1. The van der Waals surface area contributed by atoms with Gasteiger partial charge in [-0.05, 0) is 42.3 Å². The molecule has 0 N–H and O–H groups in total. The second-order valence-corrected chi connectivity index (χ2v) is 7.48. The second-order valence-electron chi connectivity index (χ2n) is 6.61. The van der Waals surface area contributed by atoms with E-state index >= 15 is 0 Å². The number of amides is 1. The third kappa shape index (κ3) is 3.60. The number of aromatic nitrogens is 1. The molecule has 1 aromatic carbocycles. The average molecular weight is 392 g/mol. The molecule has 2 aliphatic rings. The van der Waals surface area contributed by atoms with E-state index in [4.69, 9.17) is 27.9 Å². The summed E-state index contributed by atoms with van der Waals surface area (Å²) in [5, 5.41) is 1.30. The zero-order chi connectivity index (χ0) is 18.1. The van der Waals surface area contributed by atoms with Gasteiger partial charge >= 0.3 is 0 Å². The van der Waals surface area contributed by atoms with Crippen molar-refractivity contribution in [3.05, 3.63) is 52.1 Å². The van der Waals surface area contributed by atoms with Crippen LogP contribution in [0.1, 0.15) is 5.56 Å². The topological polar surface area (TPSA) is 45.7 Å². The molecule has 2 aromatic rings. The first kappa shape index (κ1) is 17.4. The maximum absolute atomic E-state index is 12.9. The lowest BCUT2D eigenvalue weighted by Crippen LogP contribution is -2.51. The Labute approximate surface area is 162 Å². The molecule has 0 spiro atoms. The highest BCUT2D eigenvalue weighted by Crippen LogP contribution is 2.30. The Morgan fingerprint density at radius 3 is 2.58 bits per heavy atom. The number of ether oxygens (including phenoxy) is 1. The van der Waals surface area contributed by atoms with Crippen LogP contribution in [-0.2, 0) is 11.2 Å². The Bertz CT molecular complexity index is 805. The number of rotatable bonds is 2. The van der Waals surface area contributed by atoms with E-state index in [-0.39, 0.29) is 11.8 Å². The molecule has 26 heavy (non-hydrogen) atoms. The number of piperazine rings is 1. The molecule has 7 heteroatoms. The van der Waals surface area contributed by atoms with Gasteiger partial charge < -0.3 is 14.5 Å². The van der Waals surface area contributed by atoms with Crippen LogP contribution >= 0.6 is 23.2 Å². The first-order valence-electron chi connectivity index (χ1n) is 8.66. The third-order valence-corrected chi connectivity index (χ3v) is 5.36. The number of pyridine rings is 1. The molecule has 1 amide bonds. The lowest BCUT2D eigenvalue weighted by atomic mass is 9.95. The Kier molecular flexibility index (Phi) is 4.92. The third-order valence-electron chi connectivity index (χ3n) is 4.91. The molecule has 4 rings (SSSR count). The molecular weight excluding hydrogens is 373 g/mol. The molecule has 1 saturated heterocycles. The summed E-state index contributed by atoms with van der Waals surface area (Å²) in [7, 11) is 0. The summed E-state index contributed by atoms with van der Waals surface area (Å²) in [6.07, 6.45) is 2.32. The van der Waals surface area contributed by atoms with Crippen LogP contribution in [0.5, 0.6) is 5.75 Å². The minimum absolute atomic E-state index is 0.152. The zero-order valence-electron chi connectivity index (χ0n) is 14.2. The van der Waals surface area contributed by atoms with Gasteiger partial charge in [0.2, 0.25) is 5.91 Å². The summed E-state index contributed by atoms with van der Waals surface area (Å²) >= 11 is 12.0. The molecular formula is C19H19Cl2N3O2. The van der Waals surface area contributed by atoms with Crippen LogP contribution in [0.25, 0.3) is 0 Å². The van der Waals surface area contributed by atoms with Gasteiger partial charge in [-0.1, -0.05) is 23.2 Å². The van der Waals surface area contributed by atoms with E-state index in [1.165, 1.54) is 0 Å². The van der Waals surface area contributed by atoms with Crippen LogP contribution in [0.3, 0.4) is 0 Å². The molecule has 136 valence electrons. The standard InChI is InChI=1S/C19H19Cl2N3O2/c20-15-1-3-17-13(10-15)9-14(12-26-17)19(25)24-7-5-23(6-8-24)18-4-2-16(21)11-22-18/h1-4,10-11,14H,5-9,12H2. The van der Waals surface area contributed by atoms with E-state index < -0.39 is 0 Å². The molecule has 1 fully saturated rings. The van der Waals surface area contributed by atoms with Crippen LogP contribution in [0.4, 0.5) is 5.82 Å². The number of halogens is 2. The fraction of sp³-hybridized carbons (Fsp3) is 0.368. The van der Waals surface area contributed by atoms with Crippen molar-refractivity contribution in [2.75, 3.05) is 37.7 Å². The fourth-order valence-electron chi connectivity index (χ4n) is 3.49. The SMILES string of the molecule is O=C(C1COc2ccc(Cl)cc2C1)N1CCN(c2ccc(Cl)cn2)CC1. The minimum atomic E-state index is -0.152. The van der Waals surface area contributed by atoms with Crippen LogP contribution in [-0.4, -0.2) is 48.6 Å².